The Bertz CT molecular complexity index is 77.6. The molecule has 0 aliphatic rings. The van der Waals surface area contributed by atoms with Crippen LogP contribution in [0.15, 0.2) is 0 Å². The fraction of sp³-hybridized carbons (Fsp3) is 1.00. The van der Waals surface area contributed by atoms with Crippen LogP contribution in [0, 0.1) is 0 Å². The molecule has 0 fully saturated rings. The number of hydrogen-bond donors (Lipinski definition) is 2. The van der Waals surface area contributed by atoms with Crippen molar-refractivity contribution in [3.63, 3.8) is 0 Å². The lowest BCUT2D eigenvalue weighted by Crippen LogP contribution is -2.26. The van der Waals surface area contributed by atoms with Gasteiger partial charge in [-0.25, -0.2) is 0 Å². The van der Waals surface area contributed by atoms with Crippen LogP contribution in [0.25, 0.3) is 0 Å². The average Bonchev–Trinajstić information content (AvgIpc) is 1.62. The Morgan fingerprint density at radius 2 is 2.00 bits per heavy atom. The summed E-state index contributed by atoms with van der Waals surface area (Å²) in [6.45, 7) is 3.28. The maximum atomic E-state index is 9.10. The summed E-state index contributed by atoms with van der Waals surface area (Å²) in [4.78, 5) is 0. The van der Waals surface area contributed by atoms with Gasteiger partial charge in [0.05, 0.1) is 11.7 Å². The zero-order valence-electron chi connectivity index (χ0n) is 5.76. The van der Waals surface area contributed by atoms with E-state index in [-0.39, 0.29) is 5.88 Å². The Hall–Kier alpha value is 0.210. The third-order valence-electron chi connectivity index (χ3n) is 0.913. The SMILES string of the molecule is CC(C)(O)C[C@@H](O)CCl. The van der Waals surface area contributed by atoms with Crippen LogP contribution < -0.4 is 0 Å². The number of alkyl halides is 1. The van der Waals surface area contributed by atoms with E-state index in [0.717, 1.165) is 0 Å². The molecule has 56 valence electrons. The summed E-state index contributed by atoms with van der Waals surface area (Å²) in [6, 6.07) is 0. The molecule has 9 heavy (non-hydrogen) atoms. The van der Waals surface area contributed by atoms with Gasteiger partial charge in [0.2, 0.25) is 0 Å². The molecule has 2 nitrogen and oxygen atoms in total. The quantitative estimate of drug-likeness (QED) is 0.586. The Morgan fingerprint density at radius 3 is 2.11 bits per heavy atom. The van der Waals surface area contributed by atoms with Gasteiger partial charge in [-0.05, 0) is 13.8 Å². The van der Waals surface area contributed by atoms with E-state index in [4.69, 9.17) is 21.8 Å². The lowest BCUT2D eigenvalue weighted by Gasteiger charge is -2.19. The zero-order valence-corrected chi connectivity index (χ0v) is 6.52. The number of halogens is 1. The van der Waals surface area contributed by atoms with E-state index in [1.165, 1.54) is 0 Å². The summed E-state index contributed by atoms with van der Waals surface area (Å²) in [5.74, 6) is 0.185. The molecule has 0 unspecified atom stereocenters. The molecule has 0 spiro atoms. The maximum Gasteiger partial charge on any atom is 0.0702 e. The molecule has 0 amide bonds. The van der Waals surface area contributed by atoms with Crippen molar-refractivity contribution in [1.82, 2.24) is 0 Å². The van der Waals surface area contributed by atoms with E-state index in [1.54, 1.807) is 13.8 Å². The van der Waals surface area contributed by atoms with Crippen LogP contribution in [0.1, 0.15) is 20.3 Å². The van der Waals surface area contributed by atoms with Gasteiger partial charge in [0.15, 0.2) is 0 Å². The molecule has 0 aromatic heterocycles. The number of aliphatic hydroxyl groups excluding tert-OH is 1. The molecule has 3 heteroatoms. The molecule has 0 bridgehead atoms. The summed E-state index contributed by atoms with van der Waals surface area (Å²) in [5, 5.41) is 18.0. The van der Waals surface area contributed by atoms with Crippen LogP contribution in [0.2, 0.25) is 0 Å². The van der Waals surface area contributed by atoms with Gasteiger partial charge in [-0.3, -0.25) is 0 Å². The monoisotopic (exact) mass is 152 g/mol. The molecular weight excluding hydrogens is 140 g/mol. The van der Waals surface area contributed by atoms with E-state index in [2.05, 4.69) is 0 Å². The summed E-state index contributed by atoms with van der Waals surface area (Å²) < 4.78 is 0. The van der Waals surface area contributed by atoms with Gasteiger partial charge in [0, 0.05) is 12.3 Å². The fourth-order valence-electron chi connectivity index (χ4n) is 0.631. The first-order chi connectivity index (χ1) is 3.95. The molecule has 0 aliphatic heterocycles. The fourth-order valence-corrected chi connectivity index (χ4v) is 0.740. The summed E-state index contributed by atoms with van der Waals surface area (Å²) >= 11 is 5.30. The summed E-state index contributed by atoms with van der Waals surface area (Å²) in [6.07, 6.45) is -0.261. The molecule has 0 rings (SSSR count). The van der Waals surface area contributed by atoms with Gasteiger partial charge >= 0.3 is 0 Å². The first-order valence-corrected chi connectivity index (χ1v) is 3.45. The van der Waals surface area contributed by atoms with Crippen molar-refractivity contribution in [2.24, 2.45) is 0 Å². The lowest BCUT2D eigenvalue weighted by molar-refractivity contribution is 0.0259. The molecule has 0 aliphatic carbocycles. The zero-order chi connectivity index (χ0) is 7.49. The van der Waals surface area contributed by atoms with Crippen molar-refractivity contribution in [1.29, 1.82) is 0 Å². The Balaban J connectivity index is 3.47. The summed E-state index contributed by atoms with van der Waals surface area (Å²) in [5.41, 5.74) is -0.811. The highest BCUT2D eigenvalue weighted by Gasteiger charge is 2.17. The number of rotatable bonds is 3. The van der Waals surface area contributed by atoms with Gasteiger partial charge < -0.3 is 10.2 Å². The smallest absolute Gasteiger partial charge is 0.0702 e. The largest absolute Gasteiger partial charge is 0.392 e. The normalized spacial score (nSPS) is 15.7. The van der Waals surface area contributed by atoms with Crippen LogP contribution >= 0.6 is 11.6 Å². The highest BCUT2D eigenvalue weighted by atomic mass is 35.5. The van der Waals surface area contributed by atoms with E-state index >= 15 is 0 Å². The van der Waals surface area contributed by atoms with Crippen LogP contribution in [0.4, 0.5) is 0 Å². The third kappa shape index (κ3) is 6.09. The minimum atomic E-state index is -0.811. The minimum absolute atomic E-state index is 0.185. The number of aliphatic hydroxyl groups is 2. The molecule has 2 N–H and O–H groups in total. The van der Waals surface area contributed by atoms with E-state index in [9.17, 15) is 0 Å². The van der Waals surface area contributed by atoms with Crippen molar-refractivity contribution >= 4 is 11.6 Å². The van der Waals surface area contributed by atoms with Crippen molar-refractivity contribution < 1.29 is 10.2 Å². The average molecular weight is 153 g/mol. The molecule has 0 saturated heterocycles. The third-order valence-corrected chi connectivity index (χ3v) is 1.27. The van der Waals surface area contributed by atoms with E-state index in [0.29, 0.717) is 6.42 Å². The topological polar surface area (TPSA) is 40.5 Å². The van der Waals surface area contributed by atoms with Crippen molar-refractivity contribution in [2.75, 3.05) is 5.88 Å². The van der Waals surface area contributed by atoms with Gasteiger partial charge in [0.1, 0.15) is 0 Å². The Morgan fingerprint density at radius 1 is 1.56 bits per heavy atom. The first kappa shape index (κ1) is 9.21. The molecule has 1 atom stereocenters. The van der Waals surface area contributed by atoms with Crippen molar-refractivity contribution in [3.05, 3.63) is 0 Å². The molecule has 0 radical (unpaired) electrons. The minimum Gasteiger partial charge on any atom is -0.392 e. The second-order valence-corrected chi connectivity index (χ2v) is 3.13. The highest BCUT2D eigenvalue weighted by Crippen LogP contribution is 2.10. The molecule has 0 saturated carbocycles. The molecular formula is C6H13ClO2. The van der Waals surface area contributed by atoms with Crippen LogP contribution in [-0.4, -0.2) is 27.8 Å². The van der Waals surface area contributed by atoms with Gasteiger partial charge in [-0.1, -0.05) is 0 Å². The maximum absolute atomic E-state index is 9.10. The predicted molar refractivity (Wildman–Crippen MR) is 37.6 cm³/mol. The summed E-state index contributed by atoms with van der Waals surface area (Å²) in [7, 11) is 0. The molecule has 0 aromatic rings. The second kappa shape index (κ2) is 3.40. The van der Waals surface area contributed by atoms with Crippen molar-refractivity contribution in [2.45, 2.75) is 32.0 Å². The van der Waals surface area contributed by atoms with E-state index < -0.39 is 11.7 Å². The molecule has 0 aromatic carbocycles. The van der Waals surface area contributed by atoms with E-state index in [1.807, 2.05) is 0 Å². The number of hydrogen-bond acceptors (Lipinski definition) is 2. The van der Waals surface area contributed by atoms with Crippen LogP contribution in [0.5, 0.6) is 0 Å². The van der Waals surface area contributed by atoms with Crippen LogP contribution in [0.3, 0.4) is 0 Å². The first-order valence-electron chi connectivity index (χ1n) is 2.92. The molecule has 0 heterocycles. The van der Waals surface area contributed by atoms with Crippen LogP contribution in [-0.2, 0) is 0 Å². The Kier molecular flexibility index (Phi) is 3.48. The standard InChI is InChI=1S/C6H13ClO2/c1-6(2,9)3-5(8)4-7/h5,8-9H,3-4H2,1-2H3/t5-/m1/s1. The predicted octanol–water partition coefficient (Wildman–Crippen LogP) is 0.747. The second-order valence-electron chi connectivity index (χ2n) is 2.82. The lowest BCUT2D eigenvalue weighted by atomic mass is 10.0. The van der Waals surface area contributed by atoms with Gasteiger partial charge in [-0.2, -0.15) is 0 Å². The Labute approximate surface area is 60.5 Å². The van der Waals surface area contributed by atoms with Gasteiger partial charge in [0.25, 0.3) is 0 Å². The van der Waals surface area contributed by atoms with Crippen molar-refractivity contribution in [3.8, 4) is 0 Å². The van der Waals surface area contributed by atoms with Gasteiger partial charge in [-0.15, -0.1) is 11.6 Å². The highest BCUT2D eigenvalue weighted by molar-refractivity contribution is 6.18.